The quantitative estimate of drug-likeness (QED) is 0.385. The Kier molecular flexibility index (Phi) is 7.30. The Hall–Kier alpha value is -3.62. The van der Waals surface area contributed by atoms with Crippen molar-refractivity contribution in [2.24, 2.45) is 0 Å². The molecule has 1 amide bonds. The van der Waals surface area contributed by atoms with Crippen molar-refractivity contribution in [2.75, 3.05) is 43.5 Å². The van der Waals surface area contributed by atoms with Crippen LogP contribution in [0.5, 0.6) is 5.75 Å². The van der Waals surface area contributed by atoms with Gasteiger partial charge in [-0.3, -0.25) is 19.8 Å². The summed E-state index contributed by atoms with van der Waals surface area (Å²) in [5.41, 5.74) is 2.77. The van der Waals surface area contributed by atoms with Crippen LogP contribution in [0.15, 0.2) is 66.7 Å². The molecule has 1 aliphatic heterocycles. The minimum absolute atomic E-state index is 0.109. The molecular formula is C25H25ClN4O4. The highest BCUT2D eigenvalue weighted by Gasteiger charge is 2.20. The molecule has 0 radical (unpaired) electrons. The van der Waals surface area contributed by atoms with E-state index in [4.69, 9.17) is 16.3 Å². The molecule has 1 heterocycles. The maximum absolute atomic E-state index is 12.6. The first-order valence-corrected chi connectivity index (χ1v) is 11.3. The van der Waals surface area contributed by atoms with Crippen LogP contribution in [-0.2, 0) is 6.54 Å². The van der Waals surface area contributed by atoms with Gasteiger partial charge in [0.2, 0.25) is 0 Å². The average Bonchev–Trinajstić information content (AvgIpc) is 2.86. The summed E-state index contributed by atoms with van der Waals surface area (Å²) >= 11 is 6.29. The van der Waals surface area contributed by atoms with E-state index in [1.807, 2.05) is 42.5 Å². The molecule has 1 N–H and O–H groups in total. The molecule has 0 aliphatic carbocycles. The van der Waals surface area contributed by atoms with E-state index in [0.717, 1.165) is 49.0 Å². The van der Waals surface area contributed by atoms with Gasteiger partial charge < -0.3 is 15.0 Å². The molecule has 176 valence electrons. The van der Waals surface area contributed by atoms with Gasteiger partial charge in [-0.2, -0.15) is 0 Å². The molecule has 1 saturated heterocycles. The van der Waals surface area contributed by atoms with E-state index in [9.17, 15) is 14.9 Å². The number of benzene rings is 3. The third-order valence-corrected chi connectivity index (χ3v) is 6.22. The van der Waals surface area contributed by atoms with Crippen molar-refractivity contribution in [1.29, 1.82) is 0 Å². The highest BCUT2D eigenvalue weighted by atomic mass is 35.5. The highest BCUT2D eigenvalue weighted by Crippen LogP contribution is 2.28. The van der Waals surface area contributed by atoms with Crippen LogP contribution in [0.2, 0.25) is 5.02 Å². The summed E-state index contributed by atoms with van der Waals surface area (Å²) in [7, 11) is 1.35. The number of methoxy groups -OCH3 is 1. The summed E-state index contributed by atoms with van der Waals surface area (Å²) in [4.78, 5) is 27.9. The lowest BCUT2D eigenvalue weighted by Crippen LogP contribution is -2.46. The molecule has 1 fully saturated rings. The van der Waals surface area contributed by atoms with Crippen LogP contribution in [0.25, 0.3) is 0 Å². The number of halogens is 1. The number of piperazine rings is 1. The predicted octanol–water partition coefficient (Wildman–Crippen LogP) is 4.83. The zero-order valence-electron chi connectivity index (χ0n) is 18.7. The van der Waals surface area contributed by atoms with Crippen molar-refractivity contribution < 1.29 is 14.5 Å². The summed E-state index contributed by atoms with van der Waals surface area (Å²) in [5, 5.41) is 14.8. The summed E-state index contributed by atoms with van der Waals surface area (Å²) in [6.07, 6.45) is 0. The third-order valence-electron chi connectivity index (χ3n) is 5.85. The molecule has 8 nitrogen and oxygen atoms in total. The van der Waals surface area contributed by atoms with Crippen LogP contribution >= 0.6 is 11.6 Å². The van der Waals surface area contributed by atoms with Crippen molar-refractivity contribution in [1.82, 2.24) is 4.90 Å². The van der Waals surface area contributed by atoms with E-state index < -0.39 is 10.8 Å². The Morgan fingerprint density at radius 2 is 1.76 bits per heavy atom. The van der Waals surface area contributed by atoms with Crippen molar-refractivity contribution in [3.05, 3.63) is 93.0 Å². The normalized spacial score (nSPS) is 14.0. The van der Waals surface area contributed by atoms with Crippen molar-refractivity contribution in [3.8, 4) is 5.75 Å². The Morgan fingerprint density at radius 3 is 2.41 bits per heavy atom. The maximum atomic E-state index is 12.6. The number of rotatable bonds is 7. The second kappa shape index (κ2) is 10.5. The van der Waals surface area contributed by atoms with Crippen molar-refractivity contribution in [2.45, 2.75) is 6.54 Å². The van der Waals surface area contributed by atoms with Crippen LogP contribution in [0.3, 0.4) is 0 Å². The summed E-state index contributed by atoms with van der Waals surface area (Å²) < 4.78 is 4.98. The SMILES string of the molecule is COc1ccc(C(=O)Nc2ccc(N3CCN(Cc4ccccc4Cl)CC3)cc2)cc1[N+](=O)[O-]. The van der Waals surface area contributed by atoms with Gasteiger partial charge in [-0.1, -0.05) is 29.8 Å². The molecule has 0 atom stereocenters. The van der Waals surface area contributed by atoms with Gasteiger partial charge in [-0.15, -0.1) is 0 Å². The predicted molar refractivity (Wildman–Crippen MR) is 133 cm³/mol. The molecule has 1 aliphatic rings. The summed E-state index contributed by atoms with van der Waals surface area (Å²) in [6, 6.07) is 19.7. The van der Waals surface area contributed by atoms with Crippen LogP contribution in [0.4, 0.5) is 17.1 Å². The van der Waals surface area contributed by atoms with Gasteiger partial charge in [0.25, 0.3) is 5.91 Å². The summed E-state index contributed by atoms with van der Waals surface area (Å²) in [6.45, 7) is 4.49. The van der Waals surface area contributed by atoms with Crippen LogP contribution in [0, 0.1) is 10.1 Å². The van der Waals surface area contributed by atoms with E-state index in [0.29, 0.717) is 5.69 Å². The second-order valence-corrected chi connectivity index (χ2v) is 8.41. The van der Waals surface area contributed by atoms with Crippen LogP contribution < -0.4 is 15.0 Å². The minimum atomic E-state index is -0.571. The van der Waals surface area contributed by atoms with Crippen LogP contribution in [-0.4, -0.2) is 49.0 Å². The van der Waals surface area contributed by atoms with E-state index in [1.54, 1.807) is 0 Å². The summed E-state index contributed by atoms with van der Waals surface area (Å²) in [5.74, 6) is -0.315. The van der Waals surface area contributed by atoms with Gasteiger partial charge in [0, 0.05) is 60.8 Å². The van der Waals surface area contributed by atoms with Gasteiger partial charge in [0.1, 0.15) is 0 Å². The number of carbonyl (C=O) groups excluding carboxylic acids is 1. The number of anilines is 2. The third kappa shape index (κ3) is 5.47. The van der Waals surface area contributed by atoms with Crippen LogP contribution in [0.1, 0.15) is 15.9 Å². The molecule has 3 aromatic rings. The first kappa shape index (κ1) is 23.5. The topological polar surface area (TPSA) is 88.0 Å². The Labute approximate surface area is 202 Å². The van der Waals surface area contributed by atoms with Gasteiger partial charge >= 0.3 is 5.69 Å². The van der Waals surface area contributed by atoms with E-state index in [-0.39, 0.29) is 17.0 Å². The lowest BCUT2D eigenvalue weighted by Gasteiger charge is -2.36. The lowest BCUT2D eigenvalue weighted by atomic mass is 10.1. The monoisotopic (exact) mass is 480 g/mol. The maximum Gasteiger partial charge on any atom is 0.311 e. The largest absolute Gasteiger partial charge is 0.490 e. The average molecular weight is 481 g/mol. The van der Waals surface area contributed by atoms with Gasteiger partial charge in [0.15, 0.2) is 5.75 Å². The van der Waals surface area contributed by atoms with E-state index in [2.05, 4.69) is 21.2 Å². The van der Waals surface area contributed by atoms with Gasteiger partial charge in [-0.05, 0) is 48.0 Å². The molecule has 0 bridgehead atoms. The number of hydrogen-bond donors (Lipinski definition) is 1. The molecule has 0 unspecified atom stereocenters. The van der Waals surface area contributed by atoms with Crippen molar-refractivity contribution >= 4 is 34.6 Å². The van der Waals surface area contributed by atoms with E-state index >= 15 is 0 Å². The minimum Gasteiger partial charge on any atom is -0.490 e. The number of nitrogens with one attached hydrogen (secondary N) is 1. The number of nitro benzene ring substituents is 1. The molecular weight excluding hydrogens is 456 g/mol. The molecule has 0 aromatic heterocycles. The molecule has 0 saturated carbocycles. The number of ether oxygens (including phenoxy) is 1. The fourth-order valence-electron chi connectivity index (χ4n) is 3.96. The Balaban J connectivity index is 1.34. The molecule has 3 aromatic carbocycles. The Bertz CT molecular complexity index is 1180. The number of nitrogens with zero attached hydrogens (tertiary/aromatic N) is 3. The fraction of sp³-hybridized carbons (Fsp3) is 0.240. The molecule has 0 spiro atoms. The van der Waals surface area contributed by atoms with Crippen molar-refractivity contribution in [3.63, 3.8) is 0 Å². The number of nitro groups is 1. The zero-order chi connectivity index (χ0) is 24.1. The number of amides is 1. The first-order chi connectivity index (χ1) is 16.4. The smallest absolute Gasteiger partial charge is 0.311 e. The molecule has 9 heteroatoms. The second-order valence-electron chi connectivity index (χ2n) is 8.00. The first-order valence-electron chi connectivity index (χ1n) is 10.9. The van der Waals surface area contributed by atoms with Gasteiger partial charge in [-0.25, -0.2) is 0 Å². The molecule has 4 rings (SSSR count). The number of hydrogen-bond acceptors (Lipinski definition) is 6. The van der Waals surface area contributed by atoms with E-state index in [1.165, 1.54) is 25.3 Å². The standard InChI is InChI=1S/C25H25ClN4O4/c1-34-24-11-6-18(16-23(24)30(32)33)25(31)27-20-7-9-21(10-8-20)29-14-12-28(13-15-29)17-19-4-2-3-5-22(19)26/h2-11,16H,12-15,17H2,1H3,(H,27,31). The van der Waals surface area contributed by atoms with Gasteiger partial charge in [0.05, 0.1) is 12.0 Å². The zero-order valence-corrected chi connectivity index (χ0v) is 19.5. The lowest BCUT2D eigenvalue weighted by molar-refractivity contribution is -0.385. The fourth-order valence-corrected chi connectivity index (χ4v) is 4.16. The molecule has 34 heavy (non-hydrogen) atoms. The highest BCUT2D eigenvalue weighted by molar-refractivity contribution is 6.31. The number of carbonyl (C=O) groups is 1. The Morgan fingerprint density at radius 1 is 1.06 bits per heavy atom.